The first-order valence-electron chi connectivity index (χ1n) is 9.11. The molecule has 2 aromatic heterocycles. The summed E-state index contributed by atoms with van der Waals surface area (Å²) >= 11 is 0. The van der Waals surface area contributed by atoms with E-state index in [0.29, 0.717) is 19.5 Å². The van der Waals surface area contributed by atoms with Gasteiger partial charge in [0.05, 0.1) is 36.7 Å². The van der Waals surface area contributed by atoms with E-state index in [4.69, 9.17) is 0 Å². The molecule has 8 nitrogen and oxygen atoms in total. The molecule has 1 fully saturated rings. The molecular weight excluding hydrogens is 370 g/mol. The van der Waals surface area contributed by atoms with Crippen LogP contribution in [0, 0.1) is 0 Å². The van der Waals surface area contributed by atoms with Crippen LogP contribution in [0.1, 0.15) is 37.6 Å². The van der Waals surface area contributed by atoms with Crippen LogP contribution in [-0.2, 0) is 17.9 Å². The van der Waals surface area contributed by atoms with E-state index in [1.54, 1.807) is 16.0 Å². The van der Waals surface area contributed by atoms with Gasteiger partial charge in [0.25, 0.3) is 6.43 Å². The number of hydrogen-bond donors (Lipinski definition) is 1. The molecule has 1 saturated heterocycles. The molecule has 0 saturated carbocycles. The number of carbonyl (C=O) groups excluding carboxylic acids is 2. The fourth-order valence-electron chi connectivity index (χ4n) is 3.63. The van der Waals surface area contributed by atoms with Crippen molar-refractivity contribution < 1.29 is 18.4 Å². The average molecular weight is 390 g/mol. The summed E-state index contributed by atoms with van der Waals surface area (Å²) in [5.41, 5.74) is 1.40. The molecule has 1 N–H and O–H groups in total. The Morgan fingerprint density at radius 1 is 1.39 bits per heavy atom. The minimum atomic E-state index is -2.71. The van der Waals surface area contributed by atoms with Crippen LogP contribution < -0.4 is 10.2 Å². The van der Waals surface area contributed by atoms with Crippen molar-refractivity contribution in [1.82, 2.24) is 19.7 Å². The highest BCUT2D eigenvalue weighted by Crippen LogP contribution is 2.30. The van der Waals surface area contributed by atoms with E-state index < -0.39 is 18.2 Å². The first-order valence-corrected chi connectivity index (χ1v) is 9.11. The van der Waals surface area contributed by atoms with Gasteiger partial charge in [-0.2, -0.15) is 5.10 Å². The van der Waals surface area contributed by atoms with Gasteiger partial charge in [-0.15, -0.1) is 0 Å². The van der Waals surface area contributed by atoms with Gasteiger partial charge in [0, 0.05) is 24.8 Å². The molecule has 4 heterocycles. The number of carbonyl (C=O) groups is 2. The van der Waals surface area contributed by atoms with Gasteiger partial charge in [-0.05, 0) is 25.5 Å². The largest absolute Gasteiger partial charge is 0.322 e. The SMILES string of the molecule is C[C@H]1Cn2ncc(N3CCCC3=O)c2CN1C(=O)Nc1ccnc(C(F)F)c1. The van der Waals surface area contributed by atoms with E-state index in [1.165, 1.54) is 12.3 Å². The van der Waals surface area contributed by atoms with Crippen LogP contribution >= 0.6 is 0 Å². The zero-order valence-electron chi connectivity index (χ0n) is 15.3. The zero-order valence-corrected chi connectivity index (χ0v) is 15.3. The minimum absolute atomic E-state index is 0.0572. The molecule has 4 rings (SSSR count). The third kappa shape index (κ3) is 3.30. The smallest absolute Gasteiger partial charge is 0.314 e. The van der Waals surface area contributed by atoms with E-state index >= 15 is 0 Å². The highest BCUT2D eigenvalue weighted by Gasteiger charge is 2.33. The number of anilines is 2. The first-order chi connectivity index (χ1) is 13.4. The summed E-state index contributed by atoms with van der Waals surface area (Å²) < 4.78 is 27.5. The summed E-state index contributed by atoms with van der Waals surface area (Å²) in [6, 6.07) is 2.09. The number of rotatable bonds is 3. The normalized spacial score (nSPS) is 19.3. The fraction of sp³-hybridized carbons (Fsp3) is 0.444. The second-order valence-electron chi connectivity index (χ2n) is 6.98. The molecule has 3 amide bonds. The fourth-order valence-corrected chi connectivity index (χ4v) is 3.63. The van der Waals surface area contributed by atoms with Crippen molar-refractivity contribution in [3.8, 4) is 0 Å². The Kier molecular flexibility index (Phi) is 4.70. The minimum Gasteiger partial charge on any atom is -0.314 e. The lowest BCUT2D eigenvalue weighted by Gasteiger charge is -2.35. The second-order valence-corrected chi connectivity index (χ2v) is 6.98. The molecule has 2 aliphatic heterocycles. The summed E-state index contributed by atoms with van der Waals surface area (Å²) in [6.45, 7) is 3.30. The number of pyridine rings is 1. The number of urea groups is 1. The molecule has 2 aliphatic rings. The van der Waals surface area contributed by atoms with Gasteiger partial charge in [-0.3, -0.25) is 14.5 Å². The molecule has 0 radical (unpaired) electrons. The lowest BCUT2D eigenvalue weighted by Crippen LogP contribution is -2.47. The maximum atomic E-state index is 12.8. The summed E-state index contributed by atoms with van der Waals surface area (Å²) in [5, 5.41) is 7.03. The summed E-state index contributed by atoms with van der Waals surface area (Å²) in [7, 11) is 0. The Balaban J connectivity index is 1.54. The predicted octanol–water partition coefficient (Wildman–Crippen LogP) is 2.78. The second kappa shape index (κ2) is 7.17. The topological polar surface area (TPSA) is 83.4 Å². The Hall–Kier alpha value is -3.04. The van der Waals surface area contributed by atoms with Crippen LogP contribution in [0.2, 0.25) is 0 Å². The number of amides is 3. The Bertz CT molecular complexity index is 915. The van der Waals surface area contributed by atoms with Crippen LogP contribution in [0.5, 0.6) is 0 Å². The molecule has 0 spiro atoms. The quantitative estimate of drug-likeness (QED) is 0.874. The third-order valence-electron chi connectivity index (χ3n) is 5.10. The van der Waals surface area contributed by atoms with Crippen molar-refractivity contribution in [2.45, 2.75) is 45.3 Å². The van der Waals surface area contributed by atoms with Crippen molar-refractivity contribution in [3.63, 3.8) is 0 Å². The van der Waals surface area contributed by atoms with E-state index in [9.17, 15) is 18.4 Å². The van der Waals surface area contributed by atoms with Gasteiger partial charge in [0.1, 0.15) is 5.69 Å². The molecule has 148 valence electrons. The number of nitrogens with one attached hydrogen (secondary N) is 1. The van der Waals surface area contributed by atoms with Crippen molar-refractivity contribution in [2.24, 2.45) is 0 Å². The third-order valence-corrected chi connectivity index (χ3v) is 5.10. The van der Waals surface area contributed by atoms with Crippen molar-refractivity contribution in [2.75, 3.05) is 16.8 Å². The molecule has 0 aromatic carbocycles. The summed E-state index contributed by atoms with van der Waals surface area (Å²) in [5.74, 6) is 0.0572. The van der Waals surface area contributed by atoms with Gasteiger partial charge < -0.3 is 15.1 Å². The number of fused-ring (bicyclic) bond motifs is 1. The van der Waals surface area contributed by atoms with Gasteiger partial charge in [-0.1, -0.05) is 0 Å². The van der Waals surface area contributed by atoms with E-state index in [1.807, 2.05) is 11.6 Å². The van der Waals surface area contributed by atoms with Crippen molar-refractivity contribution in [3.05, 3.63) is 35.9 Å². The molecule has 28 heavy (non-hydrogen) atoms. The standard InChI is InChI=1S/C18H20F2N6O2/c1-11-9-26-15(14(8-22-26)24-6-2-3-16(24)27)10-25(11)18(28)23-12-4-5-21-13(7-12)17(19)20/h4-5,7-8,11,17H,2-3,6,9-10H2,1H3,(H,21,23,28)/t11-/m0/s1. The van der Waals surface area contributed by atoms with Crippen LogP contribution in [0.15, 0.2) is 24.5 Å². The number of alkyl halides is 2. The maximum Gasteiger partial charge on any atom is 0.322 e. The number of halogens is 2. The molecule has 0 bridgehead atoms. The van der Waals surface area contributed by atoms with E-state index in [2.05, 4.69) is 15.4 Å². The number of aromatic nitrogens is 3. The van der Waals surface area contributed by atoms with Crippen LogP contribution in [0.25, 0.3) is 0 Å². The number of hydrogen-bond acceptors (Lipinski definition) is 4. The lowest BCUT2D eigenvalue weighted by atomic mass is 10.2. The summed E-state index contributed by atoms with van der Waals surface area (Å²) in [6.07, 6.45) is 1.52. The highest BCUT2D eigenvalue weighted by molar-refractivity contribution is 5.96. The maximum absolute atomic E-state index is 12.8. The average Bonchev–Trinajstić information content (AvgIpc) is 3.26. The molecule has 0 unspecified atom stereocenters. The van der Waals surface area contributed by atoms with Crippen LogP contribution in [0.4, 0.5) is 25.0 Å². The van der Waals surface area contributed by atoms with E-state index in [-0.39, 0.29) is 24.2 Å². The monoisotopic (exact) mass is 390 g/mol. The number of nitrogens with zero attached hydrogens (tertiary/aromatic N) is 5. The molecule has 1 atom stereocenters. The Labute approximate surface area is 160 Å². The molecule has 2 aromatic rings. The van der Waals surface area contributed by atoms with Crippen molar-refractivity contribution in [1.29, 1.82) is 0 Å². The predicted molar refractivity (Wildman–Crippen MR) is 97.0 cm³/mol. The van der Waals surface area contributed by atoms with Crippen LogP contribution in [-0.4, -0.2) is 44.2 Å². The highest BCUT2D eigenvalue weighted by atomic mass is 19.3. The summed E-state index contributed by atoms with van der Waals surface area (Å²) in [4.78, 5) is 31.8. The Morgan fingerprint density at radius 2 is 2.21 bits per heavy atom. The lowest BCUT2D eigenvalue weighted by molar-refractivity contribution is -0.117. The molecular formula is C18H20F2N6O2. The molecule has 0 aliphatic carbocycles. The van der Waals surface area contributed by atoms with Gasteiger partial charge in [0.2, 0.25) is 5.91 Å². The van der Waals surface area contributed by atoms with Gasteiger partial charge >= 0.3 is 6.03 Å². The first kappa shape index (κ1) is 18.3. The van der Waals surface area contributed by atoms with Gasteiger partial charge in [0.15, 0.2) is 0 Å². The van der Waals surface area contributed by atoms with Gasteiger partial charge in [-0.25, -0.2) is 13.6 Å². The van der Waals surface area contributed by atoms with E-state index in [0.717, 1.165) is 23.9 Å². The Morgan fingerprint density at radius 3 is 2.93 bits per heavy atom. The molecule has 10 heteroatoms. The van der Waals surface area contributed by atoms with Crippen LogP contribution in [0.3, 0.4) is 0 Å². The van der Waals surface area contributed by atoms with Crippen molar-refractivity contribution >= 4 is 23.3 Å². The zero-order chi connectivity index (χ0) is 19.8.